The van der Waals surface area contributed by atoms with Gasteiger partial charge in [0.05, 0.1) is 19.0 Å². The molecule has 1 heterocycles. The van der Waals surface area contributed by atoms with Gasteiger partial charge in [0.15, 0.2) is 0 Å². The second kappa shape index (κ2) is 13.1. The first-order valence-electron chi connectivity index (χ1n) is 13.7. The number of carboxylic acid groups (broad SMARTS) is 1. The zero-order chi connectivity index (χ0) is 29.5. The van der Waals surface area contributed by atoms with Crippen molar-refractivity contribution in [3.8, 4) is 11.1 Å². The molecule has 10 nitrogen and oxygen atoms in total. The summed E-state index contributed by atoms with van der Waals surface area (Å²) in [6, 6.07) is 22.9. The molecule has 0 saturated carbocycles. The SMILES string of the molecule is CC(OCc1ccccc1)C(NC(=O)OCC1c2ccccc2-c2ccccc21)C(=O)N[C@@H](Cc1cnc[nH]1)C(=O)O. The highest BCUT2D eigenvalue weighted by Gasteiger charge is 2.33. The molecule has 0 bridgehead atoms. The van der Waals surface area contributed by atoms with Gasteiger partial charge in [-0.05, 0) is 34.7 Å². The third-order valence-electron chi connectivity index (χ3n) is 7.32. The third-order valence-corrected chi connectivity index (χ3v) is 7.32. The standard InChI is InChI=1S/C32H32N4O6/c1-20(41-17-21-9-3-2-4-10-21)29(30(37)35-28(31(38)39)15-22-16-33-19-34-22)36-32(40)42-18-27-25-13-7-5-11-23(25)24-12-6-8-14-26(24)27/h2-14,16,19-20,27-29H,15,17-18H2,1H3,(H,33,34)(H,35,37)(H,36,40)(H,38,39)/t20?,28-,29?/m0/s1. The first kappa shape index (κ1) is 28.6. The van der Waals surface area contributed by atoms with Crippen LogP contribution in [-0.4, -0.2) is 57.8 Å². The number of fused-ring (bicyclic) bond motifs is 3. The first-order valence-corrected chi connectivity index (χ1v) is 13.7. The Morgan fingerprint density at radius 3 is 2.19 bits per heavy atom. The van der Waals surface area contributed by atoms with E-state index in [1.165, 1.54) is 12.5 Å². The number of benzene rings is 3. The Morgan fingerprint density at radius 1 is 0.929 bits per heavy atom. The number of aromatic amines is 1. The molecule has 1 aliphatic carbocycles. The van der Waals surface area contributed by atoms with Crippen LogP contribution in [0.25, 0.3) is 11.1 Å². The summed E-state index contributed by atoms with van der Waals surface area (Å²) in [5.41, 5.74) is 5.73. The zero-order valence-electron chi connectivity index (χ0n) is 23.0. The smallest absolute Gasteiger partial charge is 0.407 e. The maximum Gasteiger partial charge on any atom is 0.407 e. The van der Waals surface area contributed by atoms with E-state index >= 15 is 0 Å². The Hall–Kier alpha value is -4.96. The molecule has 1 aliphatic rings. The van der Waals surface area contributed by atoms with Gasteiger partial charge in [-0.1, -0.05) is 78.9 Å². The van der Waals surface area contributed by atoms with Gasteiger partial charge in [-0.2, -0.15) is 0 Å². The molecular weight excluding hydrogens is 536 g/mol. The molecule has 0 spiro atoms. The highest BCUT2D eigenvalue weighted by atomic mass is 16.5. The lowest BCUT2D eigenvalue weighted by Crippen LogP contribution is -2.56. The summed E-state index contributed by atoms with van der Waals surface area (Å²) in [6.07, 6.45) is 1.27. The fourth-order valence-corrected chi connectivity index (χ4v) is 5.14. The van der Waals surface area contributed by atoms with Crippen molar-refractivity contribution in [2.75, 3.05) is 6.61 Å². The van der Waals surface area contributed by atoms with Gasteiger partial charge in [-0.15, -0.1) is 0 Å². The summed E-state index contributed by atoms with van der Waals surface area (Å²) in [5, 5.41) is 14.9. The lowest BCUT2D eigenvalue weighted by atomic mass is 9.98. The maximum absolute atomic E-state index is 13.4. The summed E-state index contributed by atoms with van der Waals surface area (Å²) >= 11 is 0. The lowest BCUT2D eigenvalue weighted by Gasteiger charge is -2.26. The largest absolute Gasteiger partial charge is 0.480 e. The van der Waals surface area contributed by atoms with Crippen LogP contribution in [0.15, 0.2) is 91.4 Å². The zero-order valence-corrected chi connectivity index (χ0v) is 23.0. The molecule has 0 aliphatic heterocycles. The number of hydrogen-bond donors (Lipinski definition) is 4. The van der Waals surface area contributed by atoms with Crippen LogP contribution in [0.3, 0.4) is 0 Å². The Labute approximate surface area is 243 Å². The molecule has 42 heavy (non-hydrogen) atoms. The van der Waals surface area contributed by atoms with Gasteiger partial charge >= 0.3 is 12.1 Å². The van der Waals surface area contributed by atoms with E-state index in [9.17, 15) is 19.5 Å². The van der Waals surface area contributed by atoms with E-state index in [1.54, 1.807) is 6.92 Å². The highest BCUT2D eigenvalue weighted by Crippen LogP contribution is 2.44. The van der Waals surface area contributed by atoms with Gasteiger partial charge in [0.25, 0.3) is 0 Å². The van der Waals surface area contributed by atoms with Crippen molar-refractivity contribution >= 4 is 18.0 Å². The van der Waals surface area contributed by atoms with E-state index in [2.05, 4.69) is 20.6 Å². The number of aromatic nitrogens is 2. The monoisotopic (exact) mass is 568 g/mol. The number of carbonyl (C=O) groups is 3. The first-order chi connectivity index (χ1) is 20.4. The molecule has 5 rings (SSSR count). The predicted octanol–water partition coefficient (Wildman–Crippen LogP) is 4.03. The number of amides is 2. The second-order valence-electron chi connectivity index (χ2n) is 10.1. The minimum atomic E-state index is -1.26. The molecule has 4 N–H and O–H groups in total. The van der Waals surface area contributed by atoms with Crippen molar-refractivity contribution in [3.05, 3.63) is 114 Å². The van der Waals surface area contributed by atoms with Crippen molar-refractivity contribution < 1.29 is 29.0 Å². The fourth-order valence-electron chi connectivity index (χ4n) is 5.14. The number of alkyl carbamates (subject to hydrolysis) is 1. The summed E-state index contributed by atoms with van der Waals surface area (Å²) in [4.78, 5) is 45.2. The van der Waals surface area contributed by atoms with Crippen LogP contribution in [0, 0.1) is 0 Å². The van der Waals surface area contributed by atoms with Crippen molar-refractivity contribution in [2.24, 2.45) is 0 Å². The normalized spacial score (nSPS) is 14.2. The summed E-state index contributed by atoms with van der Waals surface area (Å²) in [6.45, 7) is 1.89. The molecule has 0 saturated heterocycles. The van der Waals surface area contributed by atoms with Crippen molar-refractivity contribution in [1.29, 1.82) is 0 Å². The van der Waals surface area contributed by atoms with E-state index in [4.69, 9.17) is 9.47 Å². The second-order valence-corrected chi connectivity index (χ2v) is 10.1. The number of nitrogens with zero attached hydrogens (tertiary/aromatic N) is 1. The molecule has 3 atom stereocenters. The van der Waals surface area contributed by atoms with Crippen LogP contribution in [0.1, 0.15) is 35.2 Å². The Morgan fingerprint density at radius 2 is 1.57 bits per heavy atom. The minimum absolute atomic E-state index is 0.0159. The fraction of sp³-hybridized carbons (Fsp3) is 0.250. The highest BCUT2D eigenvalue weighted by molar-refractivity contribution is 5.90. The Balaban J connectivity index is 1.28. The Kier molecular flexibility index (Phi) is 8.93. The number of ether oxygens (including phenoxy) is 2. The third kappa shape index (κ3) is 6.67. The van der Waals surface area contributed by atoms with Gasteiger partial charge < -0.3 is 30.2 Å². The van der Waals surface area contributed by atoms with Crippen LogP contribution in [-0.2, 0) is 32.1 Å². The van der Waals surface area contributed by atoms with Crippen LogP contribution in [0.4, 0.5) is 4.79 Å². The van der Waals surface area contributed by atoms with Crippen molar-refractivity contribution in [1.82, 2.24) is 20.6 Å². The van der Waals surface area contributed by atoms with Gasteiger partial charge in [0, 0.05) is 24.2 Å². The summed E-state index contributed by atoms with van der Waals surface area (Å²) < 4.78 is 11.6. The Bertz CT molecular complexity index is 1480. The van der Waals surface area contributed by atoms with Crippen molar-refractivity contribution in [3.63, 3.8) is 0 Å². The molecular formula is C32H32N4O6. The van der Waals surface area contributed by atoms with Crippen LogP contribution in [0.2, 0.25) is 0 Å². The van der Waals surface area contributed by atoms with Crippen LogP contribution in [0.5, 0.6) is 0 Å². The molecule has 10 heteroatoms. The average Bonchev–Trinajstić information content (AvgIpc) is 3.63. The predicted molar refractivity (Wildman–Crippen MR) is 155 cm³/mol. The van der Waals surface area contributed by atoms with E-state index in [0.717, 1.165) is 27.8 Å². The maximum atomic E-state index is 13.4. The van der Waals surface area contributed by atoms with Gasteiger partial charge in [0.2, 0.25) is 5.91 Å². The van der Waals surface area contributed by atoms with Gasteiger partial charge in [-0.3, -0.25) is 4.79 Å². The molecule has 2 unspecified atom stereocenters. The number of H-pyrrole nitrogens is 1. The molecule has 4 aromatic rings. The quantitative estimate of drug-likeness (QED) is 0.202. The number of nitrogens with one attached hydrogen (secondary N) is 3. The lowest BCUT2D eigenvalue weighted by molar-refractivity contribution is -0.142. The van der Waals surface area contributed by atoms with Gasteiger partial charge in [-0.25, -0.2) is 14.6 Å². The minimum Gasteiger partial charge on any atom is -0.480 e. The number of imidazole rings is 1. The van der Waals surface area contributed by atoms with Crippen LogP contribution >= 0.6 is 0 Å². The molecule has 1 aromatic heterocycles. The molecule has 3 aromatic carbocycles. The average molecular weight is 569 g/mol. The number of carbonyl (C=O) groups excluding carboxylic acids is 2. The van der Waals surface area contributed by atoms with Crippen LogP contribution < -0.4 is 10.6 Å². The topological polar surface area (TPSA) is 143 Å². The van der Waals surface area contributed by atoms with E-state index < -0.39 is 36.2 Å². The number of hydrogen-bond acceptors (Lipinski definition) is 6. The number of rotatable bonds is 12. The van der Waals surface area contributed by atoms with Crippen molar-refractivity contribution in [2.45, 2.75) is 44.1 Å². The number of carboxylic acids is 1. The molecule has 216 valence electrons. The van der Waals surface area contributed by atoms with E-state index in [-0.39, 0.29) is 25.6 Å². The van der Waals surface area contributed by atoms with E-state index in [0.29, 0.717) is 5.69 Å². The summed E-state index contributed by atoms with van der Waals surface area (Å²) in [7, 11) is 0. The number of aliphatic carboxylic acids is 1. The van der Waals surface area contributed by atoms with Gasteiger partial charge in [0.1, 0.15) is 18.7 Å². The molecule has 0 radical (unpaired) electrons. The summed E-state index contributed by atoms with van der Waals surface area (Å²) in [5.74, 6) is -2.10. The van der Waals surface area contributed by atoms with E-state index in [1.807, 2.05) is 78.9 Å². The molecule has 2 amide bonds. The molecule has 0 fully saturated rings.